The normalized spacial score (nSPS) is 33.0. The molecule has 1 amide bonds. The van der Waals surface area contributed by atoms with Gasteiger partial charge in [-0.25, -0.2) is 4.79 Å². The van der Waals surface area contributed by atoms with Gasteiger partial charge in [0.2, 0.25) is 0 Å². The Morgan fingerprint density at radius 2 is 1.71 bits per heavy atom. The molecular formula is C20H27NO3. The summed E-state index contributed by atoms with van der Waals surface area (Å²) in [5.41, 5.74) is 0.462. The summed E-state index contributed by atoms with van der Waals surface area (Å²) in [7, 11) is 0. The molecule has 4 heteroatoms. The third-order valence-electron chi connectivity index (χ3n) is 6.32. The van der Waals surface area contributed by atoms with Crippen LogP contribution in [0.2, 0.25) is 0 Å². The number of hydrogen-bond acceptors (Lipinski definition) is 3. The lowest BCUT2D eigenvalue weighted by atomic mass is 9.64. The standard InChI is InChI=1S/C20H27NO3/c22-19(24-14-15-6-2-1-3-7-15)21-17-10-5-11-18(21)13-20(23,12-17)16-8-4-9-16/h1-3,6-7,16-18,23H,4-5,8-14H2. The molecular weight excluding hydrogens is 302 g/mol. The predicted octanol–water partition coefficient (Wildman–Crippen LogP) is 3.87. The van der Waals surface area contributed by atoms with E-state index in [1.807, 2.05) is 35.2 Å². The Kier molecular flexibility index (Phi) is 4.25. The number of benzene rings is 1. The predicted molar refractivity (Wildman–Crippen MR) is 91.4 cm³/mol. The van der Waals surface area contributed by atoms with Crippen LogP contribution in [0, 0.1) is 5.92 Å². The number of amides is 1. The van der Waals surface area contributed by atoms with Crippen LogP contribution in [-0.4, -0.2) is 33.8 Å². The summed E-state index contributed by atoms with van der Waals surface area (Å²) in [6, 6.07) is 10.1. The fourth-order valence-electron chi connectivity index (χ4n) is 4.84. The Morgan fingerprint density at radius 1 is 1.08 bits per heavy atom. The van der Waals surface area contributed by atoms with E-state index in [4.69, 9.17) is 4.74 Å². The van der Waals surface area contributed by atoms with Gasteiger partial charge >= 0.3 is 6.09 Å². The van der Waals surface area contributed by atoms with Gasteiger partial charge in [-0.1, -0.05) is 36.8 Å². The van der Waals surface area contributed by atoms with E-state index < -0.39 is 5.60 Å². The van der Waals surface area contributed by atoms with Gasteiger partial charge in [0.1, 0.15) is 6.61 Å². The first-order valence-electron chi connectivity index (χ1n) is 9.37. The minimum absolute atomic E-state index is 0.145. The number of ether oxygens (including phenoxy) is 1. The van der Waals surface area contributed by atoms with E-state index in [1.165, 1.54) is 6.42 Å². The number of hydrogen-bond donors (Lipinski definition) is 1. The summed E-state index contributed by atoms with van der Waals surface area (Å²) in [5.74, 6) is 0.447. The monoisotopic (exact) mass is 329 g/mol. The van der Waals surface area contributed by atoms with Crippen LogP contribution in [0.1, 0.15) is 56.9 Å². The summed E-state index contributed by atoms with van der Waals surface area (Å²) in [5, 5.41) is 11.1. The van der Waals surface area contributed by atoms with Crippen LogP contribution in [0.4, 0.5) is 4.79 Å². The fourth-order valence-corrected chi connectivity index (χ4v) is 4.84. The summed E-state index contributed by atoms with van der Waals surface area (Å²) in [4.78, 5) is 14.6. The largest absolute Gasteiger partial charge is 0.445 e. The molecule has 2 saturated heterocycles. The highest BCUT2D eigenvalue weighted by molar-refractivity contribution is 5.69. The van der Waals surface area contributed by atoms with Crippen molar-refractivity contribution >= 4 is 6.09 Å². The molecule has 1 aromatic rings. The van der Waals surface area contributed by atoms with Crippen molar-refractivity contribution in [2.24, 2.45) is 5.92 Å². The molecule has 2 unspecified atom stereocenters. The Labute approximate surface area is 143 Å². The summed E-state index contributed by atoms with van der Waals surface area (Å²) >= 11 is 0. The van der Waals surface area contributed by atoms with Crippen molar-refractivity contribution in [3.63, 3.8) is 0 Å². The zero-order valence-electron chi connectivity index (χ0n) is 14.2. The van der Waals surface area contributed by atoms with Crippen molar-refractivity contribution in [1.82, 2.24) is 4.90 Å². The molecule has 0 radical (unpaired) electrons. The maximum absolute atomic E-state index is 12.7. The van der Waals surface area contributed by atoms with Crippen LogP contribution in [0.5, 0.6) is 0 Å². The van der Waals surface area contributed by atoms with Crippen LogP contribution < -0.4 is 0 Å². The van der Waals surface area contributed by atoms with Crippen molar-refractivity contribution in [1.29, 1.82) is 0 Å². The molecule has 3 fully saturated rings. The highest BCUT2D eigenvalue weighted by atomic mass is 16.6. The first-order chi connectivity index (χ1) is 11.7. The Bertz CT molecular complexity index is 570. The highest BCUT2D eigenvalue weighted by Gasteiger charge is 2.52. The molecule has 1 aromatic carbocycles. The zero-order valence-corrected chi connectivity index (χ0v) is 14.2. The molecule has 2 aliphatic heterocycles. The lowest BCUT2D eigenvalue weighted by Gasteiger charge is -2.55. The molecule has 24 heavy (non-hydrogen) atoms. The molecule has 1 saturated carbocycles. The average Bonchev–Trinajstić information content (AvgIpc) is 2.51. The Morgan fingerprint density at radius 3 is 2.29 bits per heavy atom. The fraction of sp³-hybridized carbons (Fsp3) is 0.650. The number of fused-ring (bicyclic) bond motifs is 2. The molecule has 2 atom stereocenters. The smallest absolute Gasteiger partial charge is 0.410 e. The summed E-state index contributed by atoms with van der Waals surface area (Å²) in [6.07, 6.45) is 7.93. The van der Waals surface area contributed by atoms with Crippen molar-refractivity contribution in [2.45, 2.75) is 75.7 Å². The van der Waals surface area contributed by atoms with Gasteiger partial charge in [0.05, 0.1) is 5.60 Å². The molecule has 2 bridgehead atoms. The highest BCUT2D eigenvalue weighted by Crippen LogP contribution is 2.48. The maximum Gasteiger partial charge on any atom is 0.410 e. The molecule has 0 spiro atoms. The van der Waals surface area contributed by atoms with E-state index in [2.05, 4.69) is 0 Å². The SMILES string of the molecule is O=C(OCc1ccccc1)N1C2CCCC1CC(O)(C1CCC1)C2. The first kappa shape index (κ1) is 15.9. The zero-order chi connectivity index (χ0) is 16.6. The summed E-state index contributed by atoms with van der Waals surface area (Å²) < 4.78 is 5.58. The third-order valence-corrected chi connectivity index (χ3v) is 6.32. The van der Waals surface area contributed by atoms with Crippen LogP contribution in [-0.2, 0) is 11.3 Å². The molecule has 3 aliphatic rings. The Hall–Kier alpha value is -1.55. The van der Waals surface area contributed by atoms with Crippen molar-refractivity contribution in [2.75, 3.05) is 0 Å². The van der Waals surface area contributed by atoms with Crippen LogP contribution in [0.15, 0.2) is 30.3 Å². The van der Waals surface area contributed by atoms with Crippen LogP contribution >= 0.6 is 0 Å². The second kappa shape index (κ2) is 6.40. The molecule has 4 rings (SSSR count). The molecule has 4 nitrogen and oxygen atoms in total. The summed E-state index contributed by atoms with van der Waals surface area (Å²) in [6.45, 7) is 0.322. The number of rotatable bonds is 3. The molecule has 1 aliphatic carbocycles. The van der Waals surface area contributed by atoms with Crippen LogP contribution in [0.25, 0.3) is 0 Å². The van der Waals surface area contributed by atoms with Gasteiger partial charge in [-0.3, -0.25) is 0 Å². The number of aliphatic hydroxyl groups is 1. The first-order valence-corrected chi connectivity index (χ1v) is 9.37. The molecule has 0 aromatic heterocycles. The quantitative estimate of drug-likeness (QED) is 0.916. The van der Waals surface area contributed by atoms with E-state index in [-0.39, 0.29) is 18.2 Å². The maximum atomic E-state index is 12.7. The second-order valence-corrected chi connectivity index (χ2v) is 7.83. The minimum atomic E-state index is -0.551. The van der Waals surface area contributed by atoms with Gasteiger partial charge in [-0.2, -0.15) is 0 Å². The van der Waals surface area contributed by atoms with Gasteiger partial charge in [0.15, 0.2) is 0 Å². The third kappa shape index (κ3) is 2.92. The molecule has 1 N–H and O–H groups in total. The van der Waals surface area contributed by atoms with Crippen molar-refractivity contribution in [3.05, 3.63) is 35.9 Å². The van der Waals surface area contributed by atoms with E-state index >= 15 is 0 Å². The number of piperidine rings is 2. The van der Waals surface area contributed by atoms with Gasteiger partial charge in [-0.05, 0) is 56.4 Å². The Balaban J connectivity index is 1.42. The molecule has 2 heterocycles. The van der Waals surface area contributed by atoms with Gasteiger partial charge < -0.3 is 14.7 Å². The van der Waals surface area contributed by atoms with E-state index in [1.54, 1.807) is 0 Å². The van der Waals surface area contributed by atoms with Gasteiger partial charge in [0, 0.05) is 12.1 Å². The van der Waals surface area contributed by atoms with Crippen LogP contribution in [0.3, 0.4) is 0 Å². The van der Waals surface area contributed by atoms with E-state index in [9.17, 15) is 9.90 Å². The molecule has 130 valence electrons. The van der Waals surface area contributed by atoms with Crippen molar-refractivity contribution in [3.8, 4) is 0 Å². The lowest BCUT2D eigenvalue weighted by Crippen LogP contribution is -2.62. The topological polar surface area (TPSA) is 49.8 Å². The average molecular weight is 329 g/mol. The lowest BCUT2D eigenvalue weighted by molar-refractivity contribution is -0.132. The number of carbonyl (C=O) groups excluding carboxylic acids is 1. The number of nitrogens with zero attached hydrogens (tertiary/aromatic N) is 1. The second-order valence-electron chi connectivity index (χ2n) is 7.83. The van der Waals surface area contributed by atoms with E-state index in [0.29, 0.717) is 12.5 Å². The van der Waals surface area contributed by atoms with Crippen molar-refractivity contribution < 1.29 is 14.6 Å². The van der Waals surface area contributed by atoms with E-state index in [0.717, 1.165) is 50.5 Å². The minimum Gasteiger partial charge on any atom is -0.445 e. The number of carbonyl (C=O) groups is 1. The van der Waals surface area contributed by atoms with Gasteiger partial charge in [0.25, 0.3) is 0 Å². The van der Waals surface area contributed by atoms with Gasteiger partial charge in [-0.15, -0.1) is 0 Å².